The molecule has 0 spiro atoms. The molecule has 2 unspecified atom stereocenters. The summed E-state index contributed by atoms with van der Waals surface area (Å²) in [7, 11) is 3.14. The molecule has 1 aliphatic heterocycles. The number of nitrogens with two attached hydrogens (primary N) is 1. The maximum Gasteiger partial charge on any atom is 0.210 e. The highest BCUT2D eigenvalue weighted by molar-refractivity contribution is 5.97. The van der Waals surface area contributed by atoms with Gasteiger partial charge in [0.15, 0.2) is 17.3 Å². The summed E-state index contributed by atoms with van der Waals surface area (Å²) >= 11 is 0. The van der Waals surface area contributed by atoms with Crippen molar-refractivity contribution in [2.24, 2.45) is 21.9 Å². The molecule has 1 heterocycles. The van der Waals surface area contributed by atoms with Crippen molar-refractivity contribution in [3.63, 3.8) is 0 Å². The van der Waals surface area contributed by atoms with E-state index in [1.54, 1.807) is 32.4 Å². The molecule has 2 aromatic rings. The molecule has 2 atom stereocenters. The first-order valence-electron chi connectivity index (χ1n) is 10.1. The summed E-state index contributed by atoms with van der Waals surface area (Å²) in [5.41, 5.74) is 8.32. The van der Waals surface area contributed by atoms with E-state index in [1.807, 2.05) is 25.1 Å². The minimum Gasteiger partial charge on any atom is -0.493 e. The first-order valence-corrected chi connectivity index (χ1v) is 10.1. The van der Waals surface area contributed by atoms with E-state index in [9.17, 15) is 4.79 Å². The summed E-state index contributed by atoms with van der Waals surface area (Å²) in [6, 6.07) is 13.5. The van der Waals surface area contributed by atoms with Crippen LogP contribution in [0.25, 0.3) is 5.70 Å². The van der Waals surface area contributed by atoms with E-state index in [0.717, 1.165) is 17.5 Å². The highest BCUT2D eigenvalue weighted by Crippen LogP contribution is 2.35. The summed E-state index contributed by atoms with van der Waals surface area (Å²) in [5.74, 6) is 1.17. The average molecular weight is 408 g/mol. The van der Waals surface area contributed by atoms with Crippen LogP contribution in [0.5, 0.6) is 11.5 Å². The molecular weight excluding hydrogens is 378 g/mol. The number of rotatable bonds is 8. The van der Waals surface area contributed by atoms with E-state index < -0.39 is 11.6 Å². The molecule has 6 nitrogen and oxygen atoms in total. The monoisotopic (exact) mass is 407 g/mol. The van der Waals surface area contributed by atoms with E-state index in [4.69, 9.17) is 15.2 Å². The minimum atomic E-state index is -1.49. The Morgan fingerprint density at radius 1 is 1.03 bits per heavy atom. The van der Waals surface area contributed by atoms with E-state index >= 15 is 0 Å². The third-order valence-corrected chi connectivity index (χ3v) is 5.27. The number of carbonyl (C=O) groups excluding carboxylic acids is 1. The Bertz CT molecular complexity index is 980. The lowest BCUT2D eigenvalue weighted by Gasteiger charge is -2.20. The third-order valence-electron chi connectivity index (χ3n) is 5.27. The van der Waals surface area contributed by atoms with Crippen LogP contribution in [0.4, 0.5) is 0 Å². The zero-order chi connectivity index (χ0) is 21.9. The van der Waals surface area contributed by atoms with E-state index in [2.05, 4.69) is 36.2 Å². The van der Waals surface area contributed by atoms with Gasteiger partial charge in [-0.05, 0) is 47.7 Å². The molecule has 1 aliphatic rings. The molecule has 158 valence electrons. The van der Waals surface area contributed by atoms with Gasteiger partial charge in [0, 0.05) is 11.5 Å². The van der Waals surface area contributed by atoms with Gasteiger partial charge < -0.3 is 9.47 Å². The van der Waals surface area contributed by atoms with Gasteiger partial charge in [0.25, 0.3) is 0 Å². The molecule has 0 saturated carbocycles. The van der Waals surface area contributed by atoms with Gasteiger partial charge in [0.2, 0.25) is 5.66 Å². The van der Waals surface area contributed by atoms with Crippen LogP contribution < -0.4 is 15.2 Å². The standard InChI is InChI=1S/C24H29N3O3/c1-15(2)12-17-6-8-18(9-7-17)16(3)23(28)24(25)14-20(26-27-24)19-10-11-21(29-4)22(13-19)30-5/h6-11,13-16H,12,25H2,1-5H3. The normalized spacial score (nSPS) is 19.0. The second kappa shape index (κ2) is 8.79. The van der Waals surface area contributed by atoms with Crippen molar-refractivity contribution in [1.29, 1.82) is 0 Å². The minimum absolute atomic E-state index is 0.196. The van der Waals surface area contributed by atoms with Crippen LogP contribution in [-0.4, -0.2) is 25.7 Å². The Kier molecular flexibility index (Phi) is 6.37. The van der Waals surface area contributed by atoms with Crippen molar-refractivity contribution in [3.05, 3.63) is 65.2 Å². The number of ketones is 1. The third kappa shape index (κ3) is 4.44. The molecule has 0 aromatic heterocycles. The number of methoxy groups -OCH3 is 2. The van der Waals surface area contributed by atoms with Gasteiger partial charge in [0.05, 0.1) is 19.9 Å². The van der Waals surface area contributed by atoms with Crippen molar-refractivity contribution >= 4 is 11.5 Å². The molecule has 0 radical (unpaired) electrons. The molecular formula is C24H29N3O3. The molecule has 2 aromatic carbocycles. The maximum absolute atomic E-state index is 13.2. The predicted molar refractivity (Wildman–Crippen MR) is 118 cm³/mol. The fourth-order valence-corrected chi connectivity index (χ4v) is 3.57. The number of azo groups is 1. The number of hydrogen-bond acceptors (Lipinski definition) is 6. The van der Waals surface area contributed by atoms with Gasteiger partial charge in [-0.15, -0.1) is 0 Å². The van der Waals surface area contributed by atoms with Crippen LogP contribution in [0.3, 0.4) is 0 Å². The Hall–Kier alpha value is -2.99. The quantitative estimate of drug-likeness (QED) is 0.685. The Morgan fingerprint density at radius 2 is 1.70 bits per heavy atom. The molecule has 3 rings (SSSR count). The van der Waals surface area contributed by atoms with Crippen LogP contribution in [0.1, 0.15) is 43.4 Å². The van der Waals surface area contributed by atoms with Crippen molar-refractivity contribution in [2.45, 2.75) is 38.8 Å². The molecule has 0 amide bonds. The molecule has 0 aliphatic carbocycles. The van der Waals surface area contributed by atoms with E-state index in [-0.39, 0.29) is 5.78 Å². The molecule has 0 bridgehead atoms. The van der Waals surface area contributed by atoms with Crippen LogP contribution >= 0.6 is 0 Å². The largest absolute Gasteiger partial charge is 0.493 e. The molecule has 0 saturated heterocycles. The van der Waals surface area contributed by atoms with E-state index in [1.165, 1.54) is 5.56 Å². The van der Waals surface area contributed by atoms with Crippen LogP contribution in [0, 0.1) is 5.92 Å². The zero-order valence-corrected chi connectivity index (χ0v) is 18.2. The Balaban J connectivity index is 1.81. The molecule has 2 N–H and O–H groups in total. The van der Waals surface area contributed by atoms with Gasteiger partial charge in [-0.2, -0.15) is 10.2 Å². The predicted octanol–water partition coefficient (Wildman–Crippen LogP) is 4.74. The maximum atomic E-state index is 13.2. The fraction of sp³-hybridized carbons (Fsp3) is 0.375. The number of Topliss-reactive ketones (excluding diaryl/α,β-unsaturated/α-hetero) is 1. The molecule has 0 fully saturated rings. The van der Waals surface area contributed by atoms with Gasteiger partial charge in [-0.1, -0.05) is 45.0 Å². The zero-order valence-electron chi connectivity index (χ0n) is 18.2. The summed E-state index contributed by atoms with van der Waals surface area (Å²) in [4.78, 5) is 13.2. The highest BCUT2D eigenvalue weighted by atomic mass is 16.5. The summed E-state index contributed by atoms with van der Waals surface area (Å²) < 4.78 is 10.6. The van der Waals surface area contributed by atoms with Crippen LogP contribution in [0.15, 0.2) is 58.8 Å². The first kappa shape index (κ1) is 21.7. The Morgan fingerprint density at radius 3 is 2.30 bits per heavy atom. The summed E-state index contributed by atoms with van der Waals surface area (Å²) in [6.45, 7) is 6.23. The van der Waals surface area contributed by atoms with E-state index in [0.29, 0.717) is 23.1 Å². The lowest BCUT2D eigenvalue weighted by Crippen LogP contribution is -2.45. The van der Waals surface area contributed by atoms with Gasteiger partial charge in [-0.3, -0.25) is 10.5 Å². The number of nitrogens with zero attached hydrogens (tertiary/aromatic N) is 2. The van der Waals surface area contributed by atoms with Crippen LogP contribution in [0.2, 0.25) is 0 Å². The lowest BCUT2D eigenvalue weighted by molar-refractivity contribution is -0.123. The SMILES string of the molecule is COc1ccc(C2=CC(N)(C(=O)C(C)c3ccc(CC(C)C)cc3)N=N2)cc1OC. The smallest absolute Gasteiger partial charge is 0.210 e. The van der Waals surface area contributed by atoms with Gasteiger partial charge in [-0.25, -0.2) is 0 Å². The van der Waals surface area contributed by atoms with Crippen molar-refractivity contribution < 1.29 is 14.3 Å². The summed E-state index contributed by atoms with van der Waals surface area (Å²) in [5, 5.41) is 8.29. The number of benzene rings is 2. The number of carbonyl (C=O) groups is 1. The average Bonchev–Trinajstić information content (AvgIpc) is 3.15. The number of ether oxygens (including phenoxy) is 2. The second-order valence-electron chi connectivity index (χ2n) is 8.05. The lowest BCUT2D eigenvalue weighted by atomic mass is 9.88. The molecule has 30 heavy (non-hydrogen) atoms. The first-order chi connectivity index (χ1) is 14.3. The van der Waals surface area contributed by atoms with Crippen molar-refractivity contribution in [1.82, 2.24) is 0 Å². The fourth-order valence-electron chi connectivity index (χ4n) is 3.57. The Labute approximate surface area is 177 Å². The summed E-state index contributed by atoms with van der Waals surface area (Å²) in [6.07, 6.45) is 2.62. The number of hydrogen-bond donors (Lipinski definition) is 1. The van der Waals surface area contributed by atoms with Gasteiger partial charge in [0.1, 0.15) is 0 Å². The van der Waals surface area contributed by atoms with Crippen molar-refractivity contribution in [2.75, 3.05) is 14.2 Å². The molecule has 6 heteroatoms. The van der Waals surface area contributed by atoms with Crippen molar-refractivity contribution in [3.8, 4) is 11.5 Å². The topological polar surface area (TPSA) is 86.3 Å². The van der Waals surface area contributed by atoms with Gasteiger partial charge >= 0.3 is 0 Å². The second-order valence-corrected chi connectivity index (χ2v) is 8.05. The highest BCUT2D eigenvalue weighted by Gasteiger charge is 2.39. The van der Waals surface area contributed by atoms with Crippen LogP contribution in [-0.2, 0) is 11.2 Å².